The van der Waals surface area contributed by atoms with E-state index in [2.05, 4.69) is 10.1 Å². The lowest BCUT2D eigenvalue weighted by molar-refractivity contribution is -0.384. The Labute approximate surface area is 117 Å². The predicted octanol–water partition coefficient (Wildman–Crippen LogP) is 2.00. The second kappa shape index (κ2) is 4.67. The summed E-state index contributed by atoms with van der Waals surface area (Å²) in [6, 6.07) is 8.73. The average molecular weight is 284 g/mol. The minimum Gasteiger partial charge on any atom is -0.478 e. The van der Waals surface area contributed by atoms with Crippen LogP contribution in [0.2, 0.25) is 0 Å². The Bertz CT molecular complexity index is 871. The number of nitrogens with zero attached hydrogens (tertiary/aromatic N) is 4. The number of pyridine rings is 1. The summed E-state index contributed by atoms with van der Waals surface area (Å²) in [5.41, 5.74) is 0.888. The van der Waals surface area contributed by atoms with E-state index in [1.165, 1.54) is 35.0 Å². The van der Waals surface area contributed by atoms with E-state index in [9.17, 15) is 14.9 Å². The van der Waals surface area contributed by atoms with Gasteiger partial charge in [0.25, 0.3) is 5.69 Å². The number of hydrogen-bond acceptors (Lipinski definition) is 5. The normalized spacial score (nSPS) is 10.7. The van der Waals surface area contributed by atoms with E-state index < -0.39 is 10.9 Å². The zero-order valence-electron chi connectivity index (χ0n) is 10.5. The molecule has 2 heterocycles. The van der Waals surface area contributed by atoms with Crippen LogP contribution in [-0.4, -0.2) is 30.6 Å². The number of hydrogen-bond donors (Lipinski definition) is 1. The summed E-state index contributed by atoms with van der Waals surface area (Å²) in [5, 5.41) is 23.9. The van der Waals surface area contributed by atoms with E-state index in [4.69, 9.17) is 5.11 Å². The van der Waals surface area contributed by atoms with Crippen LogP contribution in [0, 0.1) is 10.1 Å². The summed E-state index contributed by atoms with van der Waals surface area (Å²) >= 11 is 0. The van der Waals surface area contributed by atoms with Crippen molar-refractivity contribution < 1.29 is 14.8 Å². The van der Waals surface area contributed by atoms with Crippen LogP contribution in [0.5, 0.6) is 0 Å². The number of non-ortho nitro benzene ring substituents is 1. The van der Waals surface area contributed by atoms with Crippen molar-refractivity contribution in [2.75, 3.05) is 0 Å². The molecule has 0 unspecified atom stereocenters. The number of carboxylic acid groups (broad SMARTS) is 1. The van der Waals surface area contributed by atoms with Gasteiger partial charge >= 0.3 is 5.97 Å². The minimum absolute atomic E-state index is 0.0578. The molecule has 0 radical (unpaired) electrons. The first kappa shape index (κ1) is 12.7. The average Bonchev–Trinajstić information content (AvgIpc) is 2.90. The summed E-state index contributed by atoms with van der Waals surface area (Å²) in [5.74, 6) is -0.765. The topological polar surface area (TPSA) is 111 Å². The standard InChI is InChI=1S/C13H8N4O4/c18-13(19)9-4-5-16-11(7-9)14-12(15-16)8-2-1-3-10(6-8)17(20)21/h1-7H,(H,18,19). The van der Waals surface area contributed by atoms with Crippen LogP contribution >= 0.6 is 0 Å². The lowest BCUT2D eigenvalue weighted by atomic mass is 10.2. The number of aromatic carboxylic acids is 1. The first-order chi connectivity index (χ1) is 10.0. The molecule has 3 aromatic rings. The van der Waals surface area contributed by atoms with Gasteiger partial charge in [-0.05, 0) is 12.1 Å². The number of nitro benzene ring substituents is 1. The Morgan fingerprint density at radius 1 is 1.29 bits per heavy atom. The van der Waals surface area contributed by atoms with Gasteiger partial charge in [0.05, 0.1) is 10.5 Å². The van der Waals surface area contributed by atoms with E-state index in [1.54, 1.807) is 12.1 Å². The highest BCUT2D eigenvalue weighted by Crippen LogP contribution is 2.21. The van der Waals surface area contributed by atoms with Crippen molar-refractivity contribution in [3.63, 3.8) is 0 Å². The molecule has 1 N–H and O–H groups in total. The Kier molecular flexibility index (Phi) is 2.83. The Morgan fingerprint density at radius 2 is 2.10 bits per heavy atom. The number of carboxylic acids is 1. The molecular weight excluding hydrogens is 276 g/mol. The molecule has 104 valence electrons. The van der Waals surface area contributed by atoms with Crippen LogP contribution in [-0.2, 0) is 0 Å². The van der Waals surface area contributed by atoms with Gasteiger partial charge in [-0.25, -0.2) is 14.3 Å². The predicted molar refractivity (Wildman–Crippen MR) is 72.0 cm³/mol. The Hall–Kier alpha value is -3.29. The molecule has 0 aliphatic heterocycles. The Balaban J connectivity index is 2.10. The van der Waals surface area contributed by atoms with Gasteiger partial charge in [0.1, 0.15) is 0 Å². The van der Waals surface area contributed by atoms with Gasteiger partial charge in [-0.2, -0.15) is 0 Å². The number of rotatable bonds is 3. The van der Waals surface area contributed by atoms with Gasteiger partial charge in [0, 0.05) is 23.9 Å². The summed E-state index contributed by atoms with van der Waals surface area (Å²) in [4.78, 5) is 25.4. The fourth-order valence-electron chi connectivity index (χ4n) is 1.90. The molecule has 8 heteroatoms. The van der Waals surface area contributed by atoms with Gasteiger partial charge in [0.2, 0.25) is 0 Å². The summed E-state index contributed by atoms with van der Waals surface area (Å²) in [6.45, 7) is 0. The van der Waals surface area contributed by atoms with Crippen molar-refractivity contribution >= 4 is 17.3 Å². The first-order valence-corrected chi connectivity index (χ1v) is 5.89. The molecule has 0 aliphatic rings. The highest BCUT2D eigenvalue weighted by molar-refractivity contribution is 5.88. The molecular formula is C13H8N4O4. The molecule has 0 amide bonds. The molecule has 1 aromatic carbocycles. The highest BCUT2D eigenvalue weighted by Gasteiger charge is 2.12. The molecule has 8 nitrogen and oxygen atoms in total. The van der Waals surface area contributed by atoms with Gasteiger partial charge in [-0.3, -0.25) is 10.1 Å². The number of aromatic nitrogens is 3. The molecule has 0 aliphatic carbocycles. The van der Waals surface area contributed by atoms with Gasteiger partial charge in [-0.1, -0.05) is 12.1 Å². The van der Waals surface area contributed by atoms with Crippen LogP contribution in [0.1, 0.15) is 10.4 Å². The number of benzene rings is 1. The lowest BCUT2D eigenvalue weighted by Crippen LogP contribution is -1.97. The van der Waals surface area contributed by atoms with Crippen molar-refractivity contribution in [3.8, 4) is 11.4 Å². The maximum Gasteiger partial charge on any atom is 0.335 e. The summed E-state index contributed by atoms with van der Waals surface area (Å²) in [7, 11) is 0. The number of nitro groups is 1. The van der Waals surface area contributed by atoms with Crippen LogP contribution < -0.4 is 0 Å². The molecule has 0 fully saturated rings. The molecule has 0 bridgehead atoms. The van der Waals surface area contributed by atoms with Crippen LogP contribution in [0.25, 0.3) is 17.0 Å². The SMILES string of the molecule is O=C(O)c1ccn2nc(-c3cccc([N+](=O)[O-])c3)nc2c1. The van der Waals surface area contributed by atoms with E-state index >= 15 is 0 Å². The zero-order valence-corrected chi connectivity index (χ0v) is 10.5. The van der Waals surface area contributed by atoms with E-state index in [1.807, 2.05) is 0 Å². The van der Waals surface area contributed by atoms with Crippen molar-refractivity contribution in [1.82, 2.24) is 14.6 Å². The molecule has 0 saturated carbocycles. The number of fused-ring (bicyclic) bond motifs is 1. The summed E-state index contributed by atoms with van der Waals surface area (Å²) in [6.07, 6.45) is 1.48. The first-order valence-electron chi connectivity index (χ1n) is 5.89. The molecule has 0 atom stereocenters. The fraction of sp³-hybridized carbons (Fsp3) is 0. The van der Waals surface area contributed by atoms with Crippen molar-refractivity contribution in [1.29, 1.82) is 0 Å². The van der Waals surface area contributed by atoms with Gasteiger partial charge in [0.15, 0.2) is 11.5 Å². The maximum absolute atomic E-state index is 10.9. The van der Waals surface area contributed by atoms with Crippen molar-refractivity contribution in [3.05, 3.63) is 58.3 Å². The third-order valence-corrected chi connectivity index (χ3v) is 2.90. The number of carbonyl (C=O) groups is 1. The lowest BCUT2D eigenvalue weighted by Gasteiger charge is -1.94. The second-order valence-corrected chi connectivity index (χ2v) is 4.27. The third-order valence-electron chi connectivity index (χ3n) is 2.90. The van der Waals surface area contributed by atoms with Crippen molar-refractivity contribution in [2.24, 2.45) is 0 Å². The van der Waals surface area contributed by atoms with Crippen molar-refractivity contribution in [2.45, 2.75) is 0 Å². The smallest absolute Gasteiger partial charge is 0.335 e. The molecule has 21 heavy (non-hydrogen) atoms. The molecule has 0 spiro atoms. The third kappa shape index (κ3) is 2.29. The summed E-state index contributed by atoms with van der Waals surface area (Å²) < 4.78 is 1.42. The molecule has 2 aromatic heterocycles. The van der Waals surface area contributed by atoms with Crippen LogP contribution in [0.4, 0.5) is 5.69 Å². The largest absolute Gasteiger partial charge is 0.478 e. The van der Waals surface area contributed by atoms with Gasteiger partial charge in [-0.15, -0.1) is 5.10 Å². The van der Waals surface area contributed by atoms with E-state index in [0.717, 1.165) is 0 Å². The van der Waals surface area contributed by atoms with Crippen LogP contribution in [0.3, 0.4) is 0 Å². The maximum atomic E-state index is 10.9. The van der Waals surface area contributed by atoms with E-state index in [-0.39, 0.29) is 11.3 Å². The van der Waals surface area contributed by atoms with Crippen LogP contribution in [0.15, 0.2) is 42.6 Å². The second-order valence-electron chi connectivity index (χ2n) is 4.27. The Morgan fingerprint density at radius 3 is 2.81 bits per heavy atom. The quantitative estimate of drug-likeness (QED) is 0.581. The highest BCUT2D eigenvalue weighted by atomic mass is 16.6. The van der Waals surface area contributed by atoms with E-state index in [0.29, 0.717) is 17.0 Å². The molecule has 0 saturated heterocycles. The fourth-order valence-corrected chi connectivity index (χ4v) is 1.90. The minimum atomic E-state index is -1.06. The molecule has 3 rings (SSSR count). The monoisotopic (exact) mass is 284 g/mol. The van der Waals surface area contributed by atoms with Gasteiger partial charge < -0.3 is 5.11 Å². The zero-order chi connectivity index (χ0) is 15.0.